The topological polar surface area (TPSA) is 58.6 Å². The maximum Gasteiger partial charge on any atom is 0.254 e. The third-order valence-electron chi connectivity index (χ3n) is 3.76. The molecule has 0 bridgehead atoms. The van der Waals surface area contributed by atoms with Crippen LogP contribution >= 0.6 is 0 Å². The number of benzene rings is 1. The molecular formula is C18H26N2O3. The summed E-state index contributed by atoms with van der Waals surface area (Å²) >= 11 is 0. The lowest BCUT2D eigenvalue weighted by Crippen LogP contribution is -2.48. The van der Waals surface area contributed by atoms with Crippen molar-refractivity contribution in [2.75, 3.05) is 18.4 Å². The van der Waals surface area contributed by atoms with Crippen molar-refractivity contribution >= 4 is 17.5 Å². The number of nitrogens with zero attached hydrogens (tertiary/aromatic N) is 1. The number of anilines is 1. The van der Waals surface area contributed by atoms with E-state index in [-0.39, 0.29) is 24.0 Å². The fourth-order valence-corrected chi connectivity index (χ4v) is 2.57. The average molecular weight is 318 g/mol. The van der Waals surface area contributed by atoms with E-state index in [0.717, 1.165) is 0 Å². The Balaban J connectivity index is 2.13. The molecule has 2 amide bonds. The maximum atomic E-state index is 12.7. The second kappa shape index (κ2) is 6.71. The van der Waals surface area contributed by atoms with Gasteiger partial charge in [-0.05, 0) is 32.0 Å². The number of amides is 2. The van der Waals surface area contributed by atoms with E-state index in [1.165, 1.54) is 0 Å². The zero-order valence-corrected chi connectivity index (χ0v) is 14.6. The van der Waals surface area contributed by atoms with Gasteiger partial charge < -0.3 is 15.0 Å². The summed E-state index contributed by atoms with van der Waals surface area (Å²) in [5.74, 6) is -0.102. The first-order valence-electron chi connectivity index (χ1n) is 8.03. The molecule has 1 aromatic carbocycles. The predicted octanol–water partition coefficient (Wildman–Crippen LogP) is 2.92. The van der Waals surface area contributed by atoms with Gasteiger partial charge in [-0.2, -0.15) is 0 Å². The first kappa shape index (κ1) is 17.5. The van der Waals surface area contributed by atoms with Crippen molar-refractivity contribution in [3.8, 4) is 0 Å². The third kappa shape index (κ3) is 4.55. The Morgan fingerprint density at radius 2 is 1.78 bits per heavy atom. The highest BCUT2D eigenvalue weighted by atomic mass is 16.5. The monoisotopic (exact) mass is 318 g/mol. The minimum Gasteiger partial charge on any atom is -0.372 e. The zero-order chi connectivity index (χ0) is 17.2. The largest absolute Gasteiger partial charge is 0.372 e. The standard InChI is InChI=1S/C18H26N2O3/c1-12-10-20(11-13(2)23-12)16(21)14-7-6-8-15(9-14)19-17(22)18(3,4)5/h6-9,12-13H,10-11H2,1-5H3,(H,19,22). The number of rotatable bonds is 2. The SMILES string of the molecule is CC1CN(C(=O)c2cccc(NC(=O)C(C)(C)C)c2)CC(C)O1. The molecule has 1 aliphatic rings. The Morgan fingerprint density at radius 3 is 2.35 bits per heavy atom. The van der Waals surface area contributed by atoms with Crippen molar-refractivity contribution in [2.45, 2.75) is 46.8 Å². The molecule has 1 N–H and O–H groups in total. The summed E-state index contributed by atoms with van der Waals surface area (Å²) < 4.78 is 5.67. The molecule has 2 rings (SSSR count). The van der Waals surface area contributed by atoms with E-state index in [4.69, 9.17) is 4.74 Å². The molecule has 1 heterocycles. The van der Waals surface area contributed by atoms with Crippen LogP contribution in [-0.2, 0) is 9.53 Å². The van der Waals surface area contributed by atoms with Gasteiger partial charge in [0, 0.05) is 29.8 Å². The predicted molar refractivity (Wildman–Crippen MR) is 90.4 cm³/mol. The zero-order valence-electron chi connectivity index (χ0n) is 14.6. The molecule has 0 aliphatic carbocycles. The Labute approximate surface area is 138 Å². The summed E-state index contributed by atoms with van der Waals surface area (Å²) in [4.78, 5) is 26.6. The summed E-state index contributed by atoms with van der Waals surface area (Å²) in [6.45, 7) is 10.7. The van der Waals surface area contributed by atoms with Crippen molar-refractivity contribution in [1.29, 1.82) is 0 Å². The van der Waals surface area contributed by atoms with Crippen LogP contribution in [0.1, 0.15) is 45.0 Å². The highest BCUT2D eigenvalue weighted by molar-refractivity contribution is 5.98. The lowest BCUT2D eigenvalue weighted by atomic mass is 9.95. The molecule has 1 aliphatic heterocycles. The highest BCUT2D eigenvalue weighted by Gasteiger charge is 2.27. The minimum absolute atomic E-state index is 0.0288. The van der Waals surface area contributed by atoms with Crippen molar-refractivity contribution < 1.29 is 14.3 Å². The van der Waals surface area contributed by atoms with Crippen LogP contribution < -0.4 is 5.32 Å². The highest BCUT2D eigenvalue weighted by Crippen LogP contribution is 2.20. The molecule has 0 aromatic heterocycles. The lowest BCUT2D eigenvalue weighted by Gasteiger charge is -2.35. The fraction of sp³-hybridized carbons (Fsp3) is 0.556. The van der Waals surface area contributed by atoms with E-state index in [0.29, 0.717) is 24.3 Å². The Morgan fingerprint density at radius 1 is 1.17 bits per heavy atom. The molecule has 23 heavy (non-hydrogen) atoms. The summed E-state index contributed by atoms with van der Waals surface area (Å²) in [5.41, 5.74) is 0.748. The molecule has 2 atom stereocenters. The van der Waals surface area contributed by atoms with Crippen LogP contribution in [0.25, 0.3) is 0 Å². The lowest BCUT2D eigenvalue weighted by molar-refractivity contribution is -0.123. The van der Waals surface area contributed by atoms with Gasteiger partial charge >= 0.3 is 0 Å². The summed E-state index contributed by atoms with van der Waals surface area (Å²) in [6, 6.07) is 7.10. The number of carbonyl (C=O) groups excluding carboxylic acids is 2. The van der Waals surface area contributed by atoms with Gasteiger partial charge in [0.05, 0.1) is 12.2 Å². The molecule has 1 fully saturated rings. The van der Waals surface area contributed by atoms with Gasteiger partial charge in [-0.15, -0.1) is 0 Å². The van der Waals surface area contributed by atoms with E-state index in [9.17, 15) is 9.59 Å². The molecule has 2 unspecified atom stereocenters. The quantitative estimate of drug-likeness (QED) is 0.912. The second-order valence-corrected chi connectivity index (χ2v) is 7.25. The van der Waals surface area contributed by atoms with Crippen LogP contribution in [0.5, 0.6) is 0 Å². The molecule has 0 radical (unpaired) electrons. The average Bonchev–Trinajstić information content (AvgIpc) is 2.44. The first-order valence-corrected chi connectivity index (χ1v) is 8.03. The van der Waals surface area contributed by atoms with E-state index in [2.05, 4.69) is 5.32 Å². The summed E-state index contributed by atoms with van der Waals surface area (Å²) in [5, 5.41) is 2.86. The fourth-order valence-electron chi connectivity index (χ4n) is 2.57. The summed E-state index contributed by atoms with van der Waals surface area (Å²) in [7, 11) is 0. The van der Waals surface area contributed by atoms with Gasteiger partial charge in [-0.3, -0.25) is 9.59 Å². The van der Waals surface area contributed by atoms with Gasteiger partial charge in [0.25, 0.3) is 5.91 Å². The van der Waals surface area contributed by atoms with Crippen molar-refractivity contribution in [1.82, 2.24) is 4.90 Å². The van der Waals surface area contributed by atoms with Gasteiger partial charge in [-0.25, -0.2) is 0 Å². The molecule has 0 saturated carbocycles. The van der Waals surface area contributed by atoms with E-state index < -0.39 is 5.41 Å². The van der Waals surface area contributed by atoms with E-state index in [1.54, 1.807) is 24.3 Å². The molecule has 1 aromatic rings. The second-order valence-electron chi connectivity index (χ2n) is 7.25. The van der Waals surface area contributed by atoms with Gasteiger partial charge in [0.15, 0.2) is 0 Å². The number of hydrogen-bond acceptors (Lipinski definition) is 3. The minimum atomic E-state index is -0.477. The number of ether oxygens (including phenoxy) is 1. The molecule has 5 heteroatoms. The Hall–Kier alpha value is -1.88. The number of carbonyl (C=O) groups is 2. The van der Waals surface area contributed by atoms with Gasteiger partial charge in [-0.1, -0.05) is 26.8 Å². The molecule has 1 saturated heterocycles. The maximum absolute atomic E-state index is 12.7. The van der Waals surface area contributed by atoms with Crippen molar-refractivity contribution in [3.63, 3.8) is 0 Å². The van der Waals surface area contributed by atoms with Gasteiger partial charge in [0.2, 0.25) is 5.91 Å². The molecule has 0 spiro atoms. The van der Waals surface area contributed by atoms with Crippen molar-refractivity contribution in [3.05, 3.63) is 29.8 Å². The van der Waals surface area contributed by atoms with Crippen LogP contribution in [-0.4, -0.2) is 42.0 Å². The van der Waals surface area contributed by atoms with E-state index >= 15 is 0 Å². The van der Waals surface area contributed by atoms with Gasteiger partial charge in [0.1, 0.15) is 0 Å². The third-order valence-corrected chi connectivity index (χ3v) is 3.76. The van der Waals surface area contributed by atoms with Crippen molar-refractivity contribution in [2.24, 2.45) is 5.41 Å². The number of nitrogens with one attached hydrogen (secondary N) is 1. The summed E-state index contributed by atoms with van der Waals surface area (Å²) in [6.07, 6.45) is 0.0675. The molecule has 5 nitrogen and oxygen atoms in total. The Bertz CT molecular complexity index is 582. The number of hydrogen-bond donors (Lipinski definition) is 1. The molecule has 126 valence electrons. The first-order chi connectivity index (χ1) is 10.7. The van der Waals surface area contributed by atoms with Crippen LogP contribution in [0.15, 0.2) is 24.3 Å². The normalized spacial score (nSPS) is 21.9. The van der Waals surface area contributed by atoms with Crippen LogP contribution in [0.2, 0.25) is 0 Å². The molecular weight excluding hydrogens is 292 g/mol. The van der Waals surface area contributed by atoms with E-state index in [1.807, 2.05) is 39.5 Å². The smallest absolute Gasteiger partial charge is 0.254 e. The van der Waals surface area contributed by atoms with Crippen LogP contribution in [0.3, 0.4) is 0 Å². The van der Waals surface area contributed by atoms with Crippen LogP contribution in [0.4, 0.5) is 5.69 Å². The van der Waals surface area contributed by atoms with Crippen LogP contribution in [0, 0.1) is 5.41 Å². The number of morpholine rings is 1. The Kier molecular flexibility index (Phi) is 5.09.